The van der Waals surface area contributed by atoms with Gasteiger partial charge in [-0.15, -0.1) is 0 Å². The number of hydrogen-bond donors (Lipinski definition) is 3. The second-order valence-electron chi connectivity index (χ2n) is 10.9. The SMILES string of the molecule is C=Cc1ccc(-c2ccc(C)cc2)cc1.CC(N)=NC1=C(C)CCCC1.CCCNCCC1CCCCC1.CN. The van der Waals surface area contributed by atoms with Gasteiger partial charge >= 0.3 is 0 Å². The molecule has 2 aromatic carbocycles. The highest BCUT2D eigenvalue weighted by atomic mass is 14.9. The van der Waals surface area contributed by atoms with E-state index < -0.39 is 0 Å². The standard InChI is InChI=1S/C15H14.C11H23N.C9H16N2.CH5N/c1-3-13-6-10-15(11-7-13)14-8-4-12(2)5-9-14;1-2-9-12-10-8-11-6-4-3-5-7-11;1-7-5-3-4-6-9(7)11-8(2)10;1-2/h3-11H,1H2,2H3;11-12H,2-10H2,1H3;3-6H2,1-2H3,(H2,10,11);2H2,1H3. The van der Waals surface area contributed by atoms with Crippen LogP contribution in [-0.2, 0) is 0 Å². The second kappa shape index (κ2) is 22.1. The van der Waals surface area contributed by atoms with Gasteiger partial charge in [-0.05, 0) is 102 Å². The quantitative estimate of drug-likeness (QED) is 0.176. The lowest BCUT2D eigenvalue weighted by atomic mass is 9.87. The lowest BCUT2D eigenvalue weighted by Crippen LogP contribution is -2.19. The van der Waals surface area contributed by atoms with Gasteiger partial charge in [-0.3, -0.25) is 0 Å². The fraction of sp³-hybridized carbons (Fsp3) is 0.528. The van der Waals surface area contributed by atoms with Crippen LogP contribution >= 0.6 is 0 Å². The normalized spacial score (nSPS) is 15.5. The van der Waals surface area contributed by atoms with Crippen LogP contribution in [0.1, 0.15) is 103 Å². The topological polar surface area (TPSA) is 76.4 Å². The summed E-state index contributed by atoms with van der Waals surface area (Å²) < 4.78 is 0. The molecule has 0 amide bonds. The van der Waals surface area contributed by atoms with Gasteiger partial charge in [0.1, 0.15) is 0 Å². The molecule has 0 aliphatic heterocycles. The number of nitrogens with one attached hydrogen (secondary N) is 1. The number of aryl methyl sites for hydroxylation is 1. The first-order valence-electron chi connectivity index (χ1n) is 15.5. The van der Waals surface area contributed by atoms with Crippen molar-refractivity contribution >= 4 is 11.9 Å². The van der Waals surface area contributed by atoms with Crippen molar-refractivity contribution in [2.75, 3.05) is 20.1 Å². The van der Waals surface area contributed by atoms with E-state index in [1.807, 2.05) is 13.0 Å². The lowest BCUT2D eigenvalue weighted by molar-refractivity contribution is 0.334. The Morgan fingerprint density at radius 2 is 1.45 bits per heavy atom. The Kier molecular flexibility index (Phi) is 19.5. The number of aliphatic imine (C=N–C) groups is 1. The summed E-state index contributed by atoms with van der Waals surface area (Å²) in [6.45, 7) is 14.5. The fourth-order valence-corrected chi connectivity index (χ4v) is 5.05. The van der Waals surface area contributed by atoms with Crippen molar-refractivity contribution in [2.24, 2.45) is 22.4 Å². The van der Waals surface area contributed by atoms with Crippen LogP contribution in [0.4, 0.5) is 0 Å². The number of amidine groups is 1. The molecule has 0 saturated heterocycles. The highest BCUT2D eigenvalue weighted by Crippen LogP contribution is 2.26. The highest BCUT2D eigenvalue weighted by Gasteiger charge is 2.12. The predicted molar refractivity (Wildman–Crippen MR) is 180 cm³/mol. The van der Waals surface area contributed by atoms with E-state index in [1.54, 1.807) is 0 Å². The summed E-state index contributed by atoms with van der Waals surface area (Å²) in [5, 5.41) is 3.48. The van der Waals surface area contributed by atoms with Crippen molar-refractivity contribution < 1.29 is 0 Å². The van der Waals surface area contributed by atoms with Gasteiger partial charge in [-0.25, -0.2) is 4.99 Å². The zero-order valence-corrected chi connectivity index (χ0v) is 26.3. The third kappa shape index (κ3) is 15.2. The van der Waals surface area contributed by atoms with Crippen molar-refractivity contribution in [1.82, 2.24) is 5.32 Å². The summed E-state index contributed by atoms with van der Waals surface area (Å²) in [7, 11) is 1.50. The molecule has 5 N–H and O–H groups in total. The lowest BCUT2D eigenvalue weighted by Gasteiger charge is -2.21. The van der Waals surface area contributed by atoms with Gasteiger partial charge < -0.3 is 16.8 Å². The number of rotatable bonds is 8. The smallest absolute Gasteiger partial charge is 0.0960 e. The maximum Gasteiger partial charge on any atom is 0.0960 e. The molecule has 2 aromatic rings. The number of nitrogens with two attached hydrogens (primary N) is 2. The Balaban J connectivity index is 0.000000295. The van der Waals surface area contributed by atoms with Crippen LogP contribution in [0.5, 0.6) is 0 Å². The number of allylic oxidation sites excluding steroid dienone is 2. The zero-order valence-electron chi connectivity index (χ0n) is 26.3. The molecular formula is C36H58N4. The van der Waals surface area contributed by atoms with Gasteiger partial charge in [-0.2, -0.15) is 0 Å². The van der Waals surface area contributed by atoms with Gasteiger partial charge in [0.2, 0.25) is 0 Å². The summed E-state index contributed by atoms with van der Waals surface area (Å²) in [5.74, 6) is 1.73. The van der Waals surface area contributed by atoms with Crippen LogP contribution in [0.15, 0.2) is 71.4 Å². The maximum atomic E-state index is 5.50. The minimum atomic E-state index is 0.682. The van der Waals surface area contributed by atoms with Crippen LogP contribution < -0.4 is 16.8 Å². The summed E-state index contributed by atoms with van der Waals surface area (Å²) in [6, 6.07) is 17.0. The number of benzene rings is 2. The van der Waals surface area contributed by atoms with E-state index >= 15 is 0 Å². The van der Waals surface area contributed by atoms with E-state index in [-0.39, 0.29) is 0 Å². The first-order chi connectivity index (χ1) is 19.4. The molecule has 4 nitrogen and oxygen atoms in total. The average molecular weight is 547 g/mol. The molecule has 2 aliphatic carbocycles. The molecule has 1 fully saturated rings. The molecule has 4 rings (SSSR count). The molecule has 0 atom stereocenters. The van der Waals surface area contributed by atoms with Gasteiger partial charge in [0, 0.05) is 5.70 Å². The summed E-state index contributed by atoms with van der Waals surface area (Å²) in [4.78, 5) is 4.29. The molecule has 222 valence electrons. The van der Waals surface area contributed by atoms with Crippen molar-refractivity contribution in [3.63, 3.8) is 0 Å². The molecule has 1 saturated carbocycles. The van der Waals surface area contributed by atoms with Crippen molar-refractivity contribution in [1.29, 1.82) is 0 Å². The van der Waals surface area contributed by atoms with E-state index in [9.17, 15) is 0 Å². The van der Waals surface area contributed by atoms with Gasteiger partial charge in [0.05, 0.1) is 5.84 Å². The largest absolute Gasteiger partial charge is 0.387 e. The van der Waals surface area contributed by atoms with E-state index in [2.05, 4.69) is 91.9 Å². The third-order valence-corrected chi connectivity index (χ3v) is 7.43. The first-order valence-corrected chi connectivity index (χ1v) is 15.5. The van der Waals surface area contributed by atoms with E-state index in [0.717, 1.165) is 17.9 Å². The Hall–Kier alpha value is -2.69. The van der Waals surface area contributed by atoms with Gasteiger partial charge in [0.15, 0.2) is 0 Å². The molecule has 0 radical (unpaired) electrons. The van der Waals surface area contributed by atoms with E-state index in [1.165, 1.54) is 112 Å². The molecule has 2 aliphatic rings. The molecule has 0 unspecified atom stereocenters. The molecule has 0 heterocycles. The van der Waals surface area contributed by atoms with Crippen LogP contribution in [-0.4, -0.2) is 26.0 Å². The fourth-order valence-electron chi connectivity index (χ4n) is 5.05. The highest BCUT2D eigenvalue weighted by molar-refractivity contribution is 5.78. The molecule has 0 aromatic heterocycles. The number of hydrogen-bond acceptors (Lipinski definition) is 3. The van der Waals surface area contributed by atoms with Gasteiger partial charge in [-0.1, -0.05) is 111 Å². The van der Waals surface area contributed by atoms with Gasteiger partial charge in [0.25, 0.3) is 0 Å². The van der Waals surface area contributed by atoms with Crippen LogP contribution in [0.2, 0.25) is 0 Å². The predicted octanol–water partition coefficient (Wildman–Crippen LogP) is 9.05. The molecular weight excluding hydrogens is 488 g/mol. The van der Waals surface area contributed by atoms with Crippen molar-refractivity contribution in [2.45, 2.75) is 98.3 Å². The Morgan fingerprint density at radius 1 is 0.875 bits per heavy atom. The monoisotopic (exact) mass is 546 g/mol. The molecule has 0 spiro atoms. The van der Waals surface area contributed by atoms with E-state index in [4.69, 9.17) is 5.73 Å². The van der Waals surface area contributed by atoms with Crippen LogP contribution in [0, 0.1) is 12.8 Å². The Bertz CT molecular complexity index is 976. The van der Waals surface area contributed by atoms with E-state index in [0.29, 0.717) is 5.84 Å². The summed E-state index contributed by atoms with van der Waals surface area (Å²) >= 11 is 0. The minimum Gasteiger partial charge on any atom is -0.387 e. The van der Waals surface area contributed by atoms with Crippen molar-refractivity contribution in [3.8, 4) is 11.1 Å². The third-order valence-electron chi connectivity index (χ3n) is 7.43. The Morgan fingerprint density at radius 3 is 1.98 bits per heavy atom. The minimum absolute atomic E-state index is 0.682. The molecule has 0 bridgehead atoms. The maximum absolute atomic E-state index is 5.50. The summed E-state index contributed by atoms with van der Waals surface area (Å²) in [5.41, 5.74) is 17.6. The van der Waals surface area contributed by atoms with Crippen molar-refractivity contribution in [3.05, 3.63) is 77.5 Å². The molecule has 4 heteroatoms. The first kappa shape index (κ1) is 35.3. The number of nitrogens with zero attached hydrogens (tertiary/aromatic N) is 1. The van der Waals surface area contributed by atoms with Crippen LogP contribution in [0.3, 0.4) is 0 Å². The summed E-state index contributed by atoms with van der Waals surface area (Å²) in [6.07, 6.45) is 16.9. The second-order valence-corrected chi connectivity index (χ2v) is 10.9. The average Bonchev–Trinajstić information content (AvgIpc) is 2.99. The zero-order chi connectivity index (χ0) is 29.6. The van der Waals surface area contributed by atoms with Crippen LogP contribution in [0.25, 0.3) is 17.2 Å². The molecule has 40 heavy (non-hydrogen) atoms. The Labute approximate surface area is 246 Å².